The molecule has 3 rings (SSSR count). The van der Waals surface area contributed by atoms with Crippen LogP contribution < -0.4 is 5.32 Å². The average molecular weight is 335 g/mol. The average Bonchev–Trinajstić information content (AvgIpc) is 3.01. The Morgan fingerprint density at radius 2 is 2.00 bits per heavy atom. The first kappa shape index (κ1) is 13.8. The lowest BCUT2D eigenvalue weighted by Crippen LogP contribution is -2.30. The molecule has 0 saturated heterocycles. The molecule has 0 fully saturated rings. The SMILES string of the molecule is CCNC(c1c(Br)nnn1C)C1Cc2ccccc2C1. The summed E-state index contributed by atoms with van der Waals surface area (Å²) in [5.74, 6) is 0.556. The first-order chi connectivity index (χ1) is 9.70. The highest BCUT2D eigenvalue weighted by atomic mass is 79.9. The molecule has 106 valence electrons. The molecule has 1 unspecified atom stereocenters. The number of aryl methyl sites for hydroxylation is 1. The number of aromatic nitrogens is 3. The van der Waals surface area contributed by atoms with Gasteiger partial charge in [0.2, 0.25) is 0 Å². The number of fused-ring (bicyclic) bond motifs is 1. The van der Waals surface area contributed by atoms with Gasteiger partial charge in [-0.2, -0.15) is 0 Å². The quantitative estimate of drug-likeness (QED) is 0.934. The second-order valence-corrected chi connectivity index (χ2v) is 6.11. The minimum absolute atomic E-state index is 0.279. The molecule has 2 aromatic rings. The van der Waals surface area contributed by atoms with Crippen molar-refractivity contribution < 1.29 is 0 Å². The van der Waals surface area contributed by atoms with Gasteiger partial charge in [0.25, 0.3) is 0 Å². The van der Waals surface area contributed by atoms with Crippen molar-refractivity contribution in [3.63, 3.8) is 0 Å². The zero-order chi connectivity index (χ0) is 14.1. The van der Waals surface area contributed by atoms with E-state index in [9.17, 15) is 0 Å². The highest BCUT2D eigenvalue weighted by Gasteiger charge is 2.32. The molecule has 1 aliphatic carbocycles. The van der Waals surface area contributed by atoms with Gasteiger partial charge in [0.15, 0.2) is 4.60 Å². The Balaban J connectivity index is 1.90. The number of nitrogens with zero attached hydrogens (tertiary/aromatic N) is 3. The van der Waals surface area contributed by atoms with Crippen molar-refractivity contribution in [3.05, 3.63) is 45.7 Å². The molecule has 1 aliphatic rings. The minimum atomic E-state index is 0.279. The van der Waals surface area contributed by atoms with Crippen LogP contribution in [0.4, 0.5) is 0 Å². The molecule has 0 spiro atoms. The zero-order valence-corrected chi connectivity index (χ0v) is 13.4. The van der Waals surface area contributed by atoms with Crippen LogP contribution >= 0.6 is 15.9 Å². The summed E-state index contributed by atoms with van der Waals surface area (Å²) in [6.45, 7) is 3.09. The molecule has 1 aromatic carbocycles. The highest BCUT2D eigenvalue weighted by molar-refractivity contribution is 9.10. The summed E-state index contributed by atoms with van der Waals surface area (Å²) in [5, 5.41) is 11.9. The molecule has 20 heavy (non-hydrogen) atoms. The van der Waals surface area contributed by atoms with E-state index in [1.807, 2.05) is 11.7 Å². The Hall–Kier alpha value is -1.20. The van der Waals surface area contributed by atoms with Crippen LogP contribution in [0.2, 0.25) is 0 Å². The second-order valence-electron chi connectivity index (χ2n) is 5.36. The Morgan fingerprint density at radius 3 is 2.50 bits per heavy atom. The number of halogens is 1. The van der Waals surface area contributed by atoms with E-state index in [0.717, 1.165) is 29.7 Å². The molecule has 0 aliphatic heterocycles. The third kappa shape index (κ3) is 2.40. The van der Waals surface area contributed by atoms with Crippen molar-refractivity contribution in [3.8, 4) is 0 Å². The zero-order valence-electron chi connectivity index (χ0n) is 11.8. The van der Waals surface area contributed by atoms with Crippen molar-refractivity contribution in [2.24, 2.45) is 13.0 Å². The van der Waals surface area contributed by atoms with Crippen LogP contribution in [-0.2, 0) is 19.9 Å². The molecule has 0 radical (unpaired) electrons. The second kappa shape index (κ2) is 5.66. The van der Waals surface area contributed by atoms with Crippen LogP contribution in [0.1, 0.15) is 29.8 Å². The van der Waals surface area contributed by atoms with Gasteiger partial charge in [0.05, 0.1) is 11.7 Å². The van der Waals surface area contributed by atoms with E-state index in [-0.39, 0.29) is 6.04 Å². The molecular formula is C15H19BrN4. The van der Waals surface area contributed by atoms with E-state index in [1.54, 1.807) is 0 Å². The van der Waals surface area contributed by atoms with E-state index in [0.29, 0.717) is 5.92 Å². The van der Waals surface area contributed by atoms with Gasteiger partial charge >= 0.3 is 0 Å². The molecule has 1 atom stereocenters. The number of hydrogen-bond acceptors (Lipinski definition) is 3. The maximum Gasteiger partial charge on any atom is 0.153 e. The molecule has 1 N–H and O–H groups in total. The summed E-state index contributed by atoms with van der Waals surface area (Å²) in [6, 6.07) is 9.03. The van der Waals surface area contributed by atoms with Gasteiger partial charge in [-0.1, -0.05) is 36.4 Å². The molecule has 1 heterocycles. The summed E-state index contributed by atoms with van der Waals surface area (Å²) in [5.41, 5.74) is 4.10. The van der Waals surface area contributed by atoms with Gasteiger partial charge in [-0.25, -0.2) is 4.68 Å². The molecule has 0 amide bonds. The lowest BCUT2D eigenvalue weighted by Gasteiger charge is -2.24. The summed E-state index contributed by atoms with van der Waals surface area (Å²) >= 11 is 3.54. The first-order valence-corrected chi connectivity index (χ1v) is 7.85. The fourth-order valence-electron chi connectivity index (χ4n) is 3.20. The van der Waals surface area contributed by atoms with Gasteiger partial charge in [-0.3, -0.25) is 0 Å². The Bertz CT molecular complexity index is 563. The Labute approximate surface area is 127 Å². The van der Waals surface area contributed by atoms with Crippen molar-refractivity contribution in [1.29, 1.82) is 0 Å². The van der Waals surface area contributed by atoms with Gasteiger partial charge in [0.1, 0.15) is 0 Å². The van der Waals surface area contributed by atoms with Gasteiger partial charge < -0.3 is 5.32 Å². The first-order valence-electron chi connectivity index (χ1n) is 7.06. The monoisotopic (exact) mass is 334 g/mol. The van der Waals surface area contributed by atoms with Crippen LogP contribution in [0.25, 0.3) is 0 Å². The summed E-state index contributed by atoms with van der Waals surface area (Å²) in [4.78, 5) is 0. The number of nitrogens with one attached hydrogen (secondary N) is 1. The summed E-state index contributed by atoms with van der Waals surface area (Å²) < 4.78 is 2.72. The van der Waals surface area contributed by atoms with Gasteiger partial charge in [0, 0.05) is 7.05 Å². The Kier molecular flexibility index (Phi) is 3.89. The molecular weight excluding hydrogens is 316 g/mol. The van der Waals surface area contributed by atoms with Crippen LogP contribution in [-0.4, -0.2) is 21.5 Å². The van der Waals surface area contributed by atoms with Crippen molar-refractivity contribution in [1.82, 2.24) is 20.3 Å². The Morgan fingerprint density at radius 1 is 1.35 bits per heavy atom. The maximum absolute atomic E-state index is 4.13. The fourth-order valence-corrected chi connectivity index (χ4v) is 3.78. The molecule has 1 aromatic heterocycles. The van der Waals surface area contributed by atoms with E-state index >= 15 is 0 Å². The highest BCUT2D eigenvalue weighted by Crippen LogP contribution is 2.36. The third-order valence-electron chi connectivity index (χ3n) is 4.10. The number of rotatable bonds is 4. The number of benzene rings is 1. The maximum atomic E-state index is 4.13. The van der Waals surface area contributed by atoms with Gasteiger partial charge in [-0.05, 0) is 52.4 Å². The third-order valence-corrected chi connectivity index (χ3v) is 4.66. The summed E-state index contributed by atoms with van der Waals surface area (Å²) in [7, 11) is 1.96. The van der Waals surface area contributed by atoms with E-state index < -0.39 is 0 Å². The van der Waals surface area contributed by atoms with E-state index in [2.05, 4.69) is 62.7 Å². The van der Waals surface area contributed by atoms with Crippen LogP contribution in [0.15, 0.2) is 28.9 Å². The number of hydrogen-bond donors (Lipinski definition) is 1. The molecule has 4 nitrogen and oxygen atoms in total. The van der Waals surface area contributed by atoms with Crippen LogP contribution in [0.3, 0.4) is 0 Å². The molecule has 0 bridgehead atoms. The predicted molar refractivity (Wildman–Crippen MR) is 82.5 cm³/mol. The standard InChI is InChI=1S/C15H19BrN4/c1-3-17-13(14-15(16)18-19-20(14)2)12-8-10-6-4-5-7-11(10)9-12/h4-7,12-13,17H,3,8-9H2,1-2H3. The van der Waals surface area contributed by atoms with Crippen LogP contribution in [0.5, 0.6) is 0 Å². The predicted octanol–water partition coefficient (Wildman–Crippen LogP) is 2.64. The van der Waals surface area contributed by atoms with Gasteiger partial charge in [-0.15, -0.1) is 5.10 Å². The topological polar surface area (TPSA) is 42.7 Å². The summed E-state index contributed by atoms with van der Waals surface area (Å²) in [6.07, 6.45) is 2.23. The van der Waals surface area contributed by atoms with E-state index in [1.165, 1.54) is 11.1 Å². The largest absolute Gasteiger partial charge is 0.309 e. The molecule has 5 heteroatoms. The lowest BCUT2D eigenvalue weighted by atomic mass is 9.94. The van der Waals surface area contributed by atoms with Crippen LogP contribution in [0, 0.1) is 5.92 Å². The van der Waals surface area contributed by atoms with Crippen molar-refractivity contribution in [2.45, 2.75) is 25.8 Å². The lowest BCUT2D eigenvalue weighted by molar-refractivity contribution is 0.361. The van der Waals surface area contributed by atoms with E-state index in [4.69, 9.17) is 0 Å². The fraction of sp³-hybridized carbons (Fsp3) is 0.467. The van der Waals surface area contributed by atoms with Crippen molar-refractivity contribution >= 4 is 15.9 Å². The molecule has 0 saturated carbocycles. The van der Waals surface area contributed by atoms with Crippen molar-refractivity contribution in [2.75, 3.05) is 6.54 Å². The smallest absolute Gasteiger partial charge is 0.153 e. The normalized spacial score (nSPS) is 16.4. The minimum Gasteiger partial charge on any atom is -0.309 e.